The maximum absolute atomic E-state index is 12.3. The van der Waals surface area contributed by atoms with E-state index in [-0.39, 0.29) is 19.8 Å². The van der Waals surface area contributed by atoms with Crippen molar-refractivity contribution in [3.05, 3.63) is 46.3 Å². The van der Waals surface area contributed by atoms with Gasteiger partial charge in [0.15, 0.2) is 0 Å². The van der Waals surface area contributed by atoms with Gasteiger partial charge in [-0.15, -0.1) is 0 Å². The van der Waals surface area contributed by atoms with Crippen LogP contribution >= 0.6 is 0 Å². The first-order chi connectivity index (χ1) is 10.7. The van der Waals surface area contributed by atoms with Gasteiger partial charge in [0, 0.05) is 11.5 Å². The molecule has 0 spiro atoms. The molecule has 0 aromatic heterocycles. The van der Waals surface area contributed by atoms with Gasteiger partial charge in [-0.2, -0.15) is 0 Å². The lowest BCUT2D eigenvalue weighted by Crippen LogP contribution is -2.44. The van der Waals surface area contributed by atoms with Gasteiger partial charge >= 0.3 is 6.09 Å². The van der Waals surface area contributed by atoms with E-state index in [4.69, 9.17) is 15.0 Å². The largest absolute Gasteiger partial charge is 0.445 e. The molecule has 1 aromatic rings. The van der Waals surface area contributed by atoms with Gasteiger partial charge in [0.25, 0.3) is 0 Å². The number of hydrogen-bond donors (Lipinski definition) is 1. The first kappa shape index (κ1) is 14.6. The maximum atomic E-state index is 12.3. The van der Waals surface area contributed by atoms with Crippen molar-refractivity contribution < 1.29 is 19.4 Å². The van der Waals surface area contributed by atoms with Crippen molar-refractivity contribution in [3.63, 3.8) is 0 Å². The normalized spacial score (nSPS) is 29.8. The lowest BCUT2D eigenvalue weighted by atomic mass is 10.1. The van der Waals surface area contributed by atoms with Gasteiger partial charge in [-0.05, 0) is 11.1 Å². The van der Waals surface area contributed by atoms with Crippen LogP contribution in [-0.4, -0.2) is 53.5 Å². The summed E-state index contributed by atoms with van der Waals surface area (Å²) in [6, 6.07) is 8.29. The van der Waals surface area contributed by atoms with Gasteiger partial charge in [0.05, 0.1) is 24.8 Å². The van der Waals surface area contributed by atoms with Crippen LogP contribution in [0.25, 0.3) is 10.4 Å². The average molecular weight is 304 g/mol. The van der Waals surface area contributed by atoms with Gasteiger partial charge in [0.1, 0.15) is 12.7 Å². The third kappa shape index (κ3) is 2.71. The Balaban J connectivity index is 1.67. The molecular formula is C14H16N4O4. The molecule has 0 radical (unpaired) electrons. The Morgan fingerprint density at radius 1 is 1.50 bits per heavy atom. The quantitative estimate of drug-likeness (QED) is 0.518. The number of ether oxygens (including phenoxy) is 2. The summed E-state index contributed by atoms with van der Waals surface area (Å²) in [6.45, 7) is 0.454. The van der Waals surface area contributed by atoms with Crippen LogP contribution in [0.15, 0.2) is 35.4 Å². The Morgan fingerprint density at radius 2 is 2.27 bits per heavy atom. The van der Waals surface area contributed by atoms with E-state index in [0.717, 1.165) is 5.56 Å². The zero-order chi connectivity index (χ0) is 15.5. The average Bonchev–Trinajstić information content (AvgIpc) is 3.08. The monoisotopic (exact) mass is 304 g/mol. The third-order valence-corrected chi connectivity index (χ3v) is 3.95. The molecule has 1 aromatic carbocycles. The van der Waals surface area contributed by atoms with Crippen molar-refractivity contribution in [2.45, 2.75) is 30.9 Å². The lowest BCUT2D eigenvalue weighted by Gasteiger charge is -2.24. The highest BCUT2D eigenvalue weighted by Crippen LogP contribution is 2.32. The molecule has 3 rings (SSSR count). The number of aliphatic hydroxyl groups excluding tert-OH is 1. The SMILES string of the molecule is [N-]=[N+]=N[C@@H]1CN(C(=O)OCc2ccccc2)[C@H]2[C@@H]1OC[C@@H]2O. The predicted octanol–water partition coefficient (Wildman–Crippen LogP) is 1.45. The Morgan fingerprint density at radius 3 is 3.00 bits per heavy atom. The van der Waals surface area contributed by atoms with Gasteiger partial charge in [0.2, 0.25) is 0 Å². The number of fused-ring (bicyclic) bond motifs is 1. The highest BCUT2D eigenvalue weighted by Gasteiger charge is 2.52. The minimum atomic E-state index is -0.798. The fourth-order valence-corrected chi connectivity index (χ4v) is 2.94. The van der Waals surface area contributed by atoms with Crippen LogP contribution in [0.1, 0.15) is 5.56 Å². The molecule has 2 saturated heterocycles. The summed E-state index contributed by atoms with van der Waals surface area (Å²) < 4.78 is 10.7. The number of benzene rings is 1. The van der Waals surface area contributed by atoms with Crippen molar-refractivity contribution >= 4 is 6.09 Å². The predicted molar refractivity (Wildman–Crippen MR) is 75.8 cm³/mol. The van der Waals surface area contributed by atoms with Gasteiger partial charge < -0.3 is 14.6 Å². The lowest BCUT2D eigenvalue weighted by molar-refractivity contribution is 0.0594. The summed E-state index contributed by atoms with van der Waals surface area (Å²) in [7, 11) is 0. The molecule has 0 bridgehead atoms. The molecule has 4 atom stereocenters. The number of hydrogen-bond acceptors (Lipinski definition) is 5. The molecular weight excluding hydrogens is 288 g/mol. The first-order valence-corrected chi connectivity index (χ1v) is 7.02. The molecule has 2 fully saturated rings. The maximum Gasteiger partial charge on any atom is 0.410 e. The van der Waals surface area contributed by atoms with Gasteiger partial charge in [-0.1, -0.05) is 35.4 Å². The minimum absolute atomic E-state index is 0.120. The van der Waals surface area contributed by atoms with E-state index in [1.165, 1.54) is 4.90 Å². The highest BCUT2D eigenvalue weighted by molar-refractivity contribution is 5.69. The number of azide groups is 1. The number of rotatable bonds is 3. The van der Waals surface area contributed by atoms with Crippen molar-refractivity contribution in [1.82, 2.24) is 4.90 Å². The number of amides is 1. The third-order valence-electron chi connectivity index (χ3n) is 3.95. The summed E-state index contributed by atoms with van der Waals surface area (Å²) >= 11 is 0. The van der Waals surface area contributed by atoms with Crippen molar-refractivity contribution in [3.8, 4) is 0 Å². The Hall–Kier alpha value is -2.28. The second-order valence-corrected chi connectivity index (χ2v) is 5.32. The molecule has 8 heteroatoms. The molecule has 0 unspecified atom stereocenters. The van der Waals surface area contributed by atoms with E-state index < -0.39 is 30.4 Å². The van der Waals surface area contributed by atoms with E-state index in [1.54, 1.807) is 0 Å². The van der Waals surface area contributed by atoms with Crippen molar-refractivity contribution in [1.29, 1.82) is 0 Å². The molecule has 0 saturated carbocycles. The topological polar surface area (TPSA) is 108 Å². The molecule has 116 valence electrons. The first-order valence-electron chi connectivity index (χ1n) is 7.02. The molecule has 1 N–H and O–H groups in total. The van der Waals surface area contributed by atoms with Crippen LogP contribution in [-0.2, 0) is 16.1 Å². The number of carbonyl (C=O) groups excluding carboxylic acids is 1. The zero-order valence-electron chi connectivity index (χ0n) is 11.8. The summed E-state index contributed by atoms with van der Waals surface area (Å²) in [5.41, 5.74) is 9.47. The van der Waals surface area contributed by atoms with Crippen LogP contribution in [0.4, 0.5) is 4.79 Å². The van der Waals surface area contributed by atoms with Crippen LogP contribution in [0.2, 0.25) is 0 Å². The summed E-state index contributed by atoms with van der Waals surface area (Å²) in [5, 5.41) is 13.6. The Bertz CT molecular complexity index is 590. The van der Waals surface area contributed by atoms with Crippen molar-refractivity contribution in [2.24, 2.45) is 5.11 Å². The van der Waals surface area contributed by atoms with Crippen LogP contribution in [0.5, 0.6) is 0 Å². The molecule has 22 heavy (non-hydrogen) atoms. The molecule has 2 aliphatic rings. The fraction of sp³-hybridized carbons (Fsp3) is 0.500. The second kappa shape index (κ2) is 6.23. The number of nitrogens with zero attached hydrogens (tertiary/aromatic N) is 4. The number of aliphatic hydroxyl groups is 1. The summed E-state index contributed by atoms with van der Waals surface area (Å²) in [6.07, 6.45) is -1.82. The van der Waals surface area contributed by atoms with E-state index >= 15 is 0 Å². The van der Waals surface area contributed by atoms with E-state index in [9.17, 15) is 9.90 Å². The van der Waals surface area contributed by atoms with E-state index in [1.807, 2.05) is 30.3 Å². The molecule has 0 aliphatic carbocycles. The molecule has 2 aliphatic heterocycles. The van der Waals surface area contributed by atoms with Crippen molar-refractivity contribution in [2.75, 3.05) is 13.2 Å². The standard InChI is InChI=1S/C14H16N4O4/c15-17-16-10-6-18(12-11(19)8-21-13(10)12)14(20)22-7-9-4-2-1-3-5-9/h1-5,10-13,19H,6-8H2/t10-,11+,12-,13-/m1/s1. The highest BCUT2D eigenvalue weighted by atomic mass is 16.6. The minimum Gasteiger partial charge on any atom is -0.445 e. The molecule has 8 nitrogen and oxygen atoms in total. The van der Waals surface area contributed by atoms with E-state index in [2.05, 4.69) is 10.0 Å². The van der Waals surface area contributed by atoms with Crippen LogP contribution < -0.4 is 0 Å². The van der Waals surface area contributed by atoms with Crippen LogP contribution in [0, 0.1) is 0 Å². The Labute approximate surface area is 126 Å². The summed E-state index contributed by atoms with van der Waals surface area (Å²) in [5.74, 6) is 0. The zero-order valence-corrected chi connectivity index (χ0v) is 11.8. The molecule has 1 amide bonds. The fourth-order valence-electron chi connectivity index (χ4n) is 2.94. The number of likely N-dealkylation sites (tertiary alicyclic amines) is 1. The second-order valence-electron chi connectivity index (χ2n) is 5.32. The van der Waals surface area contributed by atoms with Crippen LogP contribution in [0.3, 0.4) is 0 Å². The van der Waals surface area contributed by atoms with Gasteiger partial charge in [-0.3, -0.25) is 4.90 Å². The van der Waals surface area contributed by atoms with E-state index in [0.29, 0.717) is 0 Å². The smallest absolute Gasteiger partial charge is 0.410 e. The molecule has 2 heterocycles. The van der Waals surface area contributed by atoms with Gasteiger partial charge in [-0.25, -0.2) is 4.79 Å². The summed E-state index contributed by atoms with van der Waals surface area (Å²) in [4.78, 5) is 16.4. The number of carbonyl (C=O) groups is 1. The Kier molecular flexibility index (Phi) is 4.15.